The number of rotatable bonds is 3. The molecule has 16 heavy (non-hydrogen) atoms. The van der Waals surface area contributed by atoms with Crippen LogP contribution in [-0.2, 0) is 0 Å². The van der Waals surface area contributed by atoms with Gasteiger partial charge < -0.3 is 10.4 Å². The molecule has 0 saturated carbocycles. The molecule has 0 aromatic heterocycles. The van der Waals surface area contributed by atoms with Gasteiger partial charge in [-0.1, -0.05) is 6.07 Å². The third-order valence-electron chi connectivity index (χ3n) is 3.39. The topological polar surface area (TPSA) is 35.5 Å². The van der Waals surface area contributed by atoms with Gasteiger partial charge in [-0.25, -0.2) is 4.39 Å². The zero-order chi connectivity index (χ0) is 11.7. The molecule has 1 aromatic carbocycles. The van der Waals surface area contributed by atoms with Gasteiger partial charge in [0.15, 0.2) is 0 Å². The first-order valence-corrected chi connectivity index (χ1v) is 5.50. The first-order chi connectivity index (χ1) is 7.59. The van der Waals surface area contributed by atoms with Crippen LogP contribution in [0.15, 0.2) is 18.2 Å². The molecule has 1 atom stereocenters. The van der Waals surface area contributed by atoms with Crippen molar-refractivity contribution in [2.75, 3.05) is 20.1 Å². The Morgan fingerprint density at radius 3 is 2.69 bits per heavy atom. The van der Waals surface area contributed by atoms with E-state index in [1.165, 1.54) is 12.1 Å². The molecule has 1 unspecified atom stereocenters. The van der Waals surface area contributed by atoms with E-state index in [1.807, 2.05) is 14.0 Å². The Morgan fingerprint density at radius 2 is 2.19 bits per heavy atom. The summed E-state index contributed by atoms with van der Waals surface area (Å²) >= 11 is 0. The highest BCUT2D eigenvalue weighted by Crippen LogP contribution is 2.29. The van der Waals surface area contributed by atoms with Gasteiger partial charge in [0.1, 0.15) is 11.6 Å². The van der Waals surface area contributed by atoms with Crippen LogP contribution in [0.25, 0.3) is 0 Å². The second-order valence-electron chi connectivity index (χ2n) is 4.36. The second-order valence-corrected chi connectivity index (χ2v) is 4.36. The van der Waals surface area contributed by atoms with Crippen LogP contribution in [0.2, 0.25) is 0 Å². The molecule has 0 aliphatic carbocycles. The van der Waals surface area contributed by atoms with Gasteiger partial charge in [-0.05, 0) is 20.0 Å². The van der Waals surface area contributed by atoms with Crippen molar-refractivity contribution >= 4 is 0 Å². The van der Waals surface area contributed by atoms with E-state index in [0.29, 0.717) is 6.04 Å². The lowest BCUT2D eigenvalue weighted by Gasteiger charge is -2.39. The van der Waals surface area contributed by atoms with E-state index < -0.39 is 5.82 Å². The van der Waals surface area contributed by atoms with Crippen molar-refractivity contribution in [3.8, 4) is 5.75 Å². The van der Waals surface area contributed by atoms with Crippen LogP contribution in [0.3, 0.4) is 0 Å². The maximum atomic E-state index is 12.9. The fraction of sp³-hybridized carbons (Fsp3) is 0.500. The molecular formula is C12H17FN2O. The summed E-state index contributed by atoms with van der Waals surface area (Å²) in [5.41, 5.74) is 0.774. The lowest BCUT2D eigenvalue weighted by atomic mass is 10.0. The van der Waals surface area contributed by atoms with Crippen LogP contribution < -0.4 is 5.32 Å². The van der Waals surface area contributed by atoms with Crippen LogP contribution in [0, 0.1) is 5.82 Å². The minimum absolute atomic E-state index is 0.0339. The van der Waals surface area contributed by atoms with Crippen molar-refractivity contribution in [1.82, 2.24) is 10.2 Å². The summed E-state index contributed by atoms with van der Waals surface area (Å²) in [5.74, 6) is -0.368. The first kappa shape index (κ1) is 11.4. The van der Waals surface area contributed by atoms with Crippen molar-refractivity contribution in [1.29, 1.82) is 0 Å². The molecule has 88 valence electrons. The maximum absolute atomic E-state index is 12.9. The Labute approximate surface area is 94.9 Å². The molecule has 4 heteroatoms. The van der Waals surface area contributed by atoms with Crippen LogP contribution >= 0.6 is 0 Å². The molecule has 3 nitrogen and oxygen atoms in total. The zero-order valence-corrected chi connectivity index (χ0v) is 9.57. The molecule has 0 spiro atoms. The standard InChI is InChI=1S/C12H17FN2O/c1-8(15(2)10-6-14-7-10)11-4-3-9(13)5-12(11)16/h3-5,8,10,14,16H,6-7H2,1-2H3. The molecule has 1 aliphatic heterocycles. The van der Waals surface area contributed by atoms with E-state index >= 15 is 0 Å². The van der Waals surface area contributed by atoms with E-state index in [9.17, 15) is 9.50 Å². The SMILES string of the molecule is CC(c1ccc(F)cc1O)N(C)C1CNC1. The Kier molecular flexibility index (Phi) is 3.12. The average Bonchev–Trinajstić information content (AvgIpc) is 2.14. The Morgan fingerprint density at radius 1 is 1.50 bits per heavy atom. The zero-order valence-electron chi connectivity index (χ0n) is 9.57. The number of nitrogens with one attached hydrogen (secondary N) is 1. The summed E-state index contributed by atoms with van der Waals surface area (Å²) in [6.45, 7) is 3.97. The van der Waals surface area contributed by atoms with Crippen molar-refractivity contribution in [2.24, 2.45) is 0 Å². The van der Waals surface area contributed by atoms with Gasteiger partial charge in [0.25, 0.3) is 0 Å². The maximum Gasteiger partial charge on any atom is 0.126 e. The van der Waals surface area contributed by atoms with Gasteiger partial charge in [0.2, 0.25) is 0 Å². The summed E-state index contributed by atoms with van der Waals surface area (Å²) in [6, 6.07) is 4.79. The summed E-state index contributed by atoms with van der Waals surface area (Å²) < 4.78 is 12.9. The van der Waals surface area contributed by atoms with Gasteiger partial charge >= 0.3 is 0 Å². The molecule has 1 aromatic rings. The highest BCUT2D eigenvalue weighted by atomic mass is 19.1. The number of phenols is 1. The van der Waals surface area contributed by atoms with E-state index in [1.54, 1.807) is 6.07 Å². The second kappa shape index (κ2) is 4.39. The highest BCUT2D eigenvalue weighted by Gasteiger charge is 2.26. The number of nitrogens with zero attached hydrogens (tertiary/aromatic N) is 1. The minimum Gasteiger partial charge on any atom is -0.508 e. The lowest BCUT2D eigenvalue weighted by molar-refractivity contribution is 0.135. The van der Waals surface area contributed by atoms with Gasteiger partial charge in [-0.3, -0.25) is 4.90 Å². The normalized spacial score (nSPS) is 18.5. The smallest absolute Gasteiger partial charge is 0.126 e. The minimum atomic E-state index is -0.401. The lowest BCUT2D eigenvalue weighted by Crippen LogP contribution is -2.56. The highest BCUT2D eigenvalue weighted by molar-refractivity contribution is 5.35. The third kappa shape index (κ3) is 2.03. The number of hydrogen-bond acceptors (Lipinski definition) is 3. The summed E-state index contributed by atoms with van der Waals surface area (Å²) in [4.78, 5) is 2.20. The Hall–Kier alpha value is -1.13. The van der Waals surface area contributed by atoms with Crippen LogP contribution in [0.4, 0.5) is 4.39 Å². The molecule has 0 bridgehead atoms. The number of phenolic OH excluding ortho intramolecular Hbond substituents is 1. The predicted molar refractivity (Wildman–Crippen MR) is 60.9 cm³/mol. The van der Waals surface area contributed by atoms with Crippen LogP contribution in [0.1, 0.15) is 18.5 Å². The Bertz CT molecular complexity index is 379. The largest absolute Gasteiger partial charge is 0.508 e. The molecule has 1 saturated heterocycles. The molecule has 2 rings (SSSR count). The van der Waals surface area contributed by atoms with Crippen LogP contribution in [0.5, 0.6) is 5.75 Å². The van der Waals surface area contributed by atoms with Crippen molar-refractivity contribution in [3.63, 3.8) is 0 Å². The summed E-state index contributed by atoms with van der Waals surface area (Å²) in [6.07, 6.45) is 0. The molecular weight excluding hydrogens is 207 g/mol. The molecule has 1 fully saturated rings. The summed E-state index contributed by atoms with van der Waals surface area (Å²) in [7, 11) is 2.03. The van der Waals surface area contributed by atoms with Gasteiger partial charge in [0.05, 0.1) is 0 Å². The summed E-state index contributed by atoms with van der Waals surface area (Å²) in [5, 5.41) is 12.9. The number of hydrogen-bond donors (Lipinski definition) is 2. The monoisotopic (exact) mass is 224 g/mol. The fourth-order valence-corrected chi connectivity index (χ4v) is 1.97. The molecule has 1 aliphatic rings. The third-order valence-corrected chi connectivity index (χ3v) is 3.39. The van der Waals surface area contributed by atoms with Gasteiger partial charge in [-0.2, -0.15) is 0 Å². The van der Waals surface area contributed by atoms with Gasteiger partial charge in [-0.15, -0.1) is 0 Å². The number of benzene rings is 1. The number of likely N-dealkylation sites (N-methyl/N-ethyl adjacent to an activating group) is 1. The molecule has 0 radical (unpaired) electrons. The van der Waals surface area contributed by atoms with E-state index in [-0.39, 0.29) is 11.8 Å². The van der Waals surface area contributed by atoms with E-state index in [0.717, 1.165) is 18.7 Å². The molecule has 1 heterocycles. The quantitative estimate of drug-likeness (QED) is 0.816. The Balaban J connectivity index is 2.15. The van der Waals surface area contributed by atoms with E-state index in [2.05, 4.69) is 10.2 Å². The number of halogens is 1. The average molecular weight is 224 g/mol. The number of aromatic hydroxyl groups is 1. The van der Waals surface area contributed by atoms with E-state index in [4.69, 9.17) is 0 Å². The molecule has 0 amide bonds. The van der Waals surface area contributed by atoms with Crippen LogP contribution in [-0.4, -0.2) is 36.2 Å². The van der Waals surface area contributed by atoms with Crippen molar-refractivity contribution < 1.29 is 9.50 Å². The van der Waals surface area contributed by atoms with Crippen molar-refractivity contribution in [2.45, 2.75) is 19.0 Å². The van der Waals surface area contributed by atoms with Crippen molar-refractivity contribution in [3.05, 3.63) is 29.6 Å². The first-order valence-electron chi connectivity index (χ1n) is 5.50. The molecule has 2 N–H and O–H groups in total. The van der Waals surface area contributed by atoms with Gasteiger partial charge in [0, 0.05) is 36.8 Å². The fourth-order valence-electron chi connectivity index (χ4n) is 1.97. The predicted octanol–water partition coefficient (Wildman–Crippen LogP) is 1.50.